The molecule has 1 unspecified atom stereocenters. The molecule has 24 heavy (non-hydrogen) atoms. The van der Waals surface area contributed by atoms with Gasteiger partial charge in [0, 0.05) is 5.56 Å². The van der Waals surface area contributed by atoms with Crippen molar-refractivity contribution in [2.24, 2.45) is 5.92 Å². The molecule has 1 aromatic carbocycles. The molecule has 0 bridgehead atoms. The summed E-state index contributed by atoms with van der Waals surface area (Å²) in [6.07, 6.45) is 0.444. The SMILES string of the molecule is COC(=O)C(CC(C)C)NC(=O)CNC(=O)c1ccc(Cl)c(Cl)c1. The number of halogens is 2. The van der Waals surface area contributed by atoms with Gasteiger partial charge in [0.25, 0.3) is 5.91 Å². The maximum atomic E-state index is 12.0. The highest BCUT2D eigenvalue weighted by molar-refractivity contribution is 6.42. The minimum absolute atomic E-state index is 0.195. The molecule has 0 saturated heterocycles. The second kappa shape index (κ2) is 9.49. The van der Waals surface area contributed by atoms with Gasteiger partial charge in [-0.25, -0.2) is 4.79 Å². The van der Waals surface area contributed by atoms with Crippen molar-refractivity contribution in [3.8, 4) is 0 Å². The summed E-state index contributed by atoms with van der Waals surface area (Å²) >= 11 is 11.6. The van der Waals surface area contributed by atoms with E-state index in [0.29, 0.717) is 11.4 Å². The average Bonchev–Trinajstić information content (AvgIpc) is 2.53. The number of esters is 1. The van der Waals surface area contributed by atoms with Crippen molar-refractivity contribution in [2.75, 3.05) is 13.7 Å². The standard InChI is InChI=1S/C16H20Cl2N2O4/c1-9(2)6-13(16(23)24-3)20-14(21)8-19-15(22)10-4-5-11(17)12(18)7-10/h4-5,7,9,13H,6,8H2,1-3H3,(H,19,22)(H,20,21). The van der Waals surface area contributed by atoms with Crippen LogP contribution in [-0.2, 0) is 14.3 Å². The number of amides is 2. The minimum atomic E-state index is -0.746. The van der Waals surface area contributed by atoms with Gasteiger partial charge >= 0.3 is 5.97 Å². The van der Waals surface area contributed by atoms with E-state index in [9.17, 15) is 14.4 Å². The Kier molecular flexibility index (Phi) is 8.01. The summed E-state index contributed by atoms with van der Waals surface area (Å²) in [6.45, 7) is 3.58. The normalized spacial score (nSPS) is 11.8. The predicted molar refractivity (Wildman–Crippen MR) is 92.2 cm³/mol. The summed E-state index contributed by atoms with van der Waals surface area (Å²) in [6, 6.07) is 3.66. The lowest BCUT2D eigenvalue weighted by Gasteiger charge is -2.18. The van der Waals surface area contributed by atoms with Crippen molar-refractivity contribution in [3.63, 3.8) is 0 Å². The second-order valence-electron chi connectivity index (χ2n) is 5.58. The Morgan fingerprint density at radius 3 is 2.38 bits per heavy atom. The lowest BCUT2D eigenvalue weighted by atomic mass is 10.0. The molecule has 1 aromatic rings. The van der Waals surface area contributed by atoms with E-state index in [1.165, 1.54) is 25.3 Å². The minimum Gasteiger partial charge on any atom is -0.467 e. The first-order valence-electron chi connectivity index (χ1n) is 7.35. The molecule has 1 rings (SSSR count). The third-order valence-corrected chi connectivity index (χ3v) is 3.86. The quantitative estimate of drug-likeness (QED) is 0.717. The first-order valence-corrected chi connectivity index (χ1v) is 8.10. The molecule has 6 nitrogen and oxygen atoms in total. The van der Waals surface area contributed by atoms with Gasteiger partial charge in [0.2, 0.25) is 5.91 Å². The molecule has 0 saturated carbocycles. The van der Waals surface area contributed by atoms with E-state index in [0.717, 1.165) is 0 Å². The number of ether oxygens (including phenoxy) is 1. The van der Waals surface area contributed by atoms with Gasteiger partial charge in [-0.15, -0.1) is 0 Å². The van der Waals surface area contributed by atoms with Gasteiger partial charge in [0.1, 0.15) is 6.04 Å². The molecule has 0 heterocycles. The number of carbonyl (C=O) groups excluding carboxylic acids is 3. The molecular weight excluding hydrogens is 355 g/mol. The van der Waals surface area contributed by atoms with E-state index in [-0.39, 0.29) is 23.0 Å². The lowest BCUT2D eigenvalue weighted by Crippen LogP contribution is -2.46. The van der Waals surface area contributed by atoms with Crippen LogP contribution in [0.4, 0.5) is 0 Å². The molecule has 0 aromatic heterocycles. The first kappa shape index (κ1) is 20.3. The third-order valence-electron chi connectivity index (χ3n) is 3.12. The highest BCUT2D eigenvalue weighted by Gasteiger charge is 2.22. The van der Waals surface area contributed by atoms with Crippen LogP contribution in [0.1, 0.15) is 30.6 Å². The molecule has 0 fully saturated rings. The Morgan fingerprint density at radius 2 is 1.83 bits per heavy atom. The van der Waals surface area contributed by atoms with E-state index >= 15 is 0 Å². The summed E-state index contributed by atoms with van der Waals surface area (Å²) in [5.41, 5.74) is 0.281. The second-order valence-corrected chi connectivity index (χ2v) is 6.40. The van der Waals surface area contributed by atoms with Crippen molar-refractivity contribution in [1.82, 2.24) is 10.6 Å². The highest BCUT2D eigenvalue weighted by atomic mass is 35.5. The van der Waals surface area contributed by atoms with Crippen molar-refractivity contribution in [1.29, 1.82) is 0 Å². The molecule has 0 radical (unpaired) electrons. The molecule has 2 N–H and O–H groups in total. The van der Waals surface area contributed by atoms with Crippen LogP contribution in [-0.4, -0.2) is 37.5 Å². The molecule has 0 aliphatic rings. The van der Waals surface area contributed by atoms with Crippen LogP contribution in [0.5, 0.6) is 0 Å². The van der Waals surface area contributed by atoms with Crippen LogP contribution in [0.2, 0.25) is 10.0 Å². The predicted octanol–water partition coefficient (Wildman–Crippen LogP) is 2.43. The van der Waals surface area contributed by atoms with Crippen molar-refractivity contribution in [2.45, 2.75) is 26.3 Å². The number of methoxy groups -OCH3 is 1. The first-order chi connectivity index (χ1) is 11.2. The van der Waals surface area contributed by atoms with E-state index in [1.807, 2.05) is 13.8 Å². The van der Waals surface area contributed by atoms with Crippen LogP contribution in [0, 0.1) is 5.92 Å². The van der Waals surface area contributed by atoms with E-state index in [2.05, 4.69) is 15.4 Å². The van der Waals surface area contributed by atoms with E-state index < -0.39 is 23.8 Å². The number of nitrogens with one attached hydrogen (secondary N) is 2. The number of hydrogen-bond acceptors (Lipinski definition) is 4. The summed E-state index contributed by atoms with van der Waals surface area (Å²) < 4.78 is 4.67. The Labute approximate surface area is 150 Å². The van der Waals surface area contributed by atoms with Gasteiger partial charge in [0.15, 0.2) is 0 Å². The van der Waals surface area contributed by atoms with Gasteiger partial charge < -0.3 is 15.4 Å². The van der Waals surface area contributed by atoms with E-state index in [1.54, 1.807) is 0 Å². The van der Waals surface area contributed by atoms with Crippen LogP contribution >= 0.6 is 23.2 Å². The zero-order chi connectivity index (χ0) is 18.3. The topological polar surface area (TPSA) is 84.5 Å². The fourth-order valence-corrected chi connectivity index (χ4v) is 2.27. The van der Waals surface area contributed by atoms with Crippen molar-refractivity contribution >= 4 is 41.0 Å². The molecule has 0 aliphatic carbocycles. The van der Waals surface area contributed by atoms with Gasteiger partial charge in [-0.3, -0.25) is 9.59 Å². The van der Waals surface area contributed by atoms with Crippen LogP contribution in [0.3, 0.4) is 0 Å². The largest absolute Gasteiger partial charge is 0.467 e. The number of benzene rings is 1. The van der Waals surface area contributed by atoms with Gasteiger partial charge in [-0.2, -0.15) is 0 Å². The molecular formula is C16H20Cl2N2O4. The molecule has 132 valence electrons. The Morgan fingerprint density at radius 1 is 1.17 bits per heavy atom. The number of rotatable bonds is 7. The Hall–Kier alpha value is -1.79. The molecule has 0 spiro atoms. The van der Waals surface area contributed by atoms with Crippen molar-refractivity contribution < 1.29 is 19.1 Å². The van der Waals surface area contributed by atoms with Gasteiger partial charge in [-0.1, -0.05) is 37.0 Å². The van der Waals surface area contributed by atoms with E-state index in [4.69, 9.17) is 23.2 Å². The molecule has 1 atom stereocenters. The fraction of sp³-hybridized carbons (Fsp3) is 0.438. The number of carbonyl (C=O) groups is 3. The lowest BCUT2D eigenvalue weighted by molar-refractivity contribution is -0.145. The highest BCUT2D eigenvalue weighted by Crippen LogP contribution is 2.22. The van der Waals surface area contributed by atoms with Gasteiger partial charge in [0.05, 0.1) is 23.7 Å². The average molecular weight is 375 g/mol. The molecule has 0 aliphatic heterocycles. The zero-order valence-electron chi connectivity index (χ0n) is 13.7. The fourth-order valence-electron chi connectivity index (χ4n) is 1.97. The maximum Gasteiger partial charge on any atom is 0.328 e. The molecule has 2 amide bonds. The summed E-state index contributed by atoms with van der Waals surface area (Å²) in [7, 11) is 1.26. The zero-order valence-corrected chi connectivity index (χ0v) is 15.2. The van der Waals surface area contributed by atoms with Crippen LogP contribution in [0.25, 0.3) is 0 Å². The summed E-state index contributed by atoms with van der Waals surface area (Å²) in [5.74, 6) is -1.28. The third kappa shape index (κ3) is 6.37. The summed E-state index contributed by atoms with van der Waals surface area (Å²) in [5, 5.41) is 5.59. The maximum absolute atomic E-state index is 12.0. The van der Waals surface area contributed by atoms with Crippen LogP contribution < -0.4 is 10.6 Å². The Balaban J connectivity index is 2.58. The van der Waals surface area contributed by atoms with Crippen molar-refractivity contribution in [3.05, 3.63) is 33.8 Å². The smallest absolute Gasteiger partial charge is 0.328 e. The monoisotopic (exact) mass is 374 g/mol. The van der Waals surface area contributed by atoms with Crippen LogP contribution in [0.15, 0.2) is 18.2 Å². The Bertz CT molecular complexity index is 620. The van der Waals surface area contributed by atoms with Gasteiger partial charge in [-0.05, 0) is 30.5 Å². The molecule has 8 heteroatoms. The number of hydrogen-bond donors (Lipinski definition) is 2. The summed E-state index contributed by atoms with van der Waals surface area (Å²) in [4.78, 5) is 35.6.